The zero-order valence-electron chi connectivity index (χ0n) is 14.4. The fourth-order valence-electron chi connectivity index (χ4n) is 2.62. The average molecular weight is 379 g/mol. The number of thioether (sulfide) groups is 1. The van der Waals surface area contributed by atoms with E-state index in [1.807, 2.05) is 54.6 Å². The molecule has 8 heteroatoms. The minimum atomic E-state index is -0.1000. The molecule has 2 N–H and O–H groups in total. The van der Waals surface area contributed by atoms with Crippen LogP contribution in [0.1, 0.15) is 0 Å². The number of benzene rings is 2. The summed E-state index contributed by atoms with van der Waals surface area (Å²) in [5.41, 5.74) is 2.37. The highest BCUT2D eigenvalue weighted by Gasteiger charge is 2.10. The zero-order valence-corrected chi connectivity index (χ0v) is 15.2. The molecule has 0 saturated heterocycles. The number of nitrogens with one attached hydrogen (secondary N) is 2. The van der Waals surface area contributed by atoms with Crippen LogP contribution in [0.15, 0.2) is 59.8 Å². The van der Waals surface area contributed by atoms with Crippen LogP contribution >= 0.6 is 11.8 Å². The van der Waals surface area contributed by atoms with Crippen LogP contribution in [0.3, 0.4) is 0 Å². The van der Waals surface area contributed by atoms with Gasteiger partial charge in [0, 0.05) is 10.9 Å². The molecule has 2 aromatic carbocycles. The second-order valence-electron chi connectivity index (χ2n) is 5.76. The lowest BCUT2D eigenvalue weighted by atomic mass is 10.2. The topological polar surface area (TPSA) is 92.8 Å². The van der Waals surface area contributed by atoms with Gasteiger partial charge in [0.15, 0.2) is 5.65 Å². The number of rotatable bonds is 7. The number of aromatic amines is 1. The Bertz CT molecular complexity index is 1070. The molecule has 0 fully saturated rings. The van der Waals surface area contributed by atoms with E-state index in [1.165, 1.54) is 11.8 Å². The van der Waals surface area contributed by atoms with E-state index < -0.39 is 0 Å². The van der Waals surface area contributed by atoms with Crippen LogP contribution in [0.5, 0.6) is 5.75 Å². The van der Waals surface area contributed by atoms with Crippen molar-refractivity contribution in [3.63, 3.8) is 0 Å². The van der Waals surface area contributed by atoms with E-state index in [0.717, 1.165) is 22.2 Å². The fraction of sp³-hybridized carbons (Fsp3) is 0.158. The number of carbonyl (C=O) groups is 1. The smallest absolute Gasteiger partial charge is 0.230 e. The summed E-state index contributed by atoms with van der Waals surface area (Å²) < 4.78 is 5.54. The molecule has 2 aromatic heterocycles. The van der Waals surface area contributed by atoms with E-state index in [9.17, 15) is 4.79 Å². The number of H-pyrrole nitrogens is 1. The SMILES string of the molecule is O=C(CSc1nnc2c(n1)[nH]c1ccccc12)NCCOc1ccccc1. The first-order valence-electron chi connectivity index (χ1n) is 8.48. The molecule has 0 atom stereocenters. The summed E-state index contributed by atoms with van der Waals surface area (Å²) in [5, 5.41) is 12.6. The highest BCUT2D eigenvalue weighted by Crippen LogP contribution is 2.23. The summed E-state index contributed by atoms with van der Waals surface area (Å²) in [6, 6.07) is 17.3. The molecular weight excluding hydrogens is 362 g/mol. The van der Waals surface area contributed by atoms with Gasteiger partial charge in [-0.05, 0) is 18.2 Å². The van der Waals surface area contributed by atoms with E-state index in [2.05, 4.69) is 25.5 Å². The van der Waals surface area contributed by atoms with Gasteiger partial charge in [-0.1, -0.05) is 48.2 Å². The lowest BCUT2D eigenvalue weighted by molar-refractivity contribution is -0.118. The molecule has 7 nitrogen and oxygen atoms in total. The highest BCUT2D eigenvalue weighted by atomic mass is 32.2. The zero-order chi connectivity index (χ0) is 18.5. The molecule has 0 aliphatic carbocycles. The van der Waals surface area contributed by atoms with Gasteiger partial charge >= 0.3 is 0 Å². The Hall–Kier alpha value is -3.13. The molecule has 0 saturated carbocycles. The van der Waals surface area contributed by atoms with Crippen LogP contribution in [0.25, 0.3) is 22.1 Å². The molecule has 0 radical (unpaired) electrons. The van der Waals surface area contributed by atoms with E-state index >= 15 is 0 Å². The lowest BCUT2D eigenvalue weighted by Gasteiger charge is -2.07. The standard InChI is InChI=1S/C19H17N5O2S/c25-16(20-10-11-26-13-6-2-1-3-7-13)12-27-19-22-18-17(23-24-19)14-8-4-5-9-15(14)21-18/h1-9H,10-12H2,(H,20,25)(H,21,22,24). The van der Waals surface area contributed by atoms with E-state index in [4.69, 9.17) is 4.74 Å². The van der Waals surface area contributed by atoms with Crippen molar-refractivity contribution in [1.82, 2.24) is 25.5 Å². The first-order valence-corrected chi connectivity index (χ1v) is 9.46. The second-order valence-corrected chi connectivity index (χ2v) is 6.70. The van der Waals surface area contributed by atoms with Crippen molar-refractivity contribution in [2.75, 3.05) is 18.9 Å². The number of nitrogens with zero attached hydrogens (tertiary/aromatic N) is 3. The minimum absolute atomic E-state index is 0.1000. The van der Waals surface area contributed by atoms with E-state index in [0.29, 0.717) is 24.0 Å². The third kappa shape index (κ3) is 4.17. The number of amides is 1. The number of carbonyl (C=O) groups excluding carboxylic acids is 1. The number of ether oxygens (including phenoxy) is 1. The Morgan fingerprint density at radius 2 is 1.89 bits per heavy atom. The molecule has 0 aliphatic rings. The van der Waals surface area contributed by atoms with Crippen LogP contribution in [0, 0.1) is 0 Å². The van der Waals surface area contributed by atoms with Crippen molar-refractivity contribution in [2.24, 2.45) is 0 Å². The summed E-state index contributed by atoms with van der Waals surface area (Å²) in [7, 11) is 0. The summed E-state index contributed by atoms with van der Waals surface area (Å²) in [5.74, 6) is 0.905. The minimum Gasteiger partial charge on any atom is -0.492 e. The summed E-state index contributed by atoms with van der Waals surface area (Å²) in [4.78, 5) is 19.6. The largest absolute Gasteiger partial charge is 0.492 e. The molecule has 136 valence electrons. The van der Waals surface area contributed by atoms with Crippen molar-refractivity contribution in [2.45, 2.75) is 5.16 Å². The third-order valence-electron chi connectivity index (χ3n) is 3.87. The van der Waals surface area contributed by atoms with Crippen molar-refractivity contribution in [1.29, 1.82) is 0 Å². The predicted octanol–water partition coefficient (Wildman–Crippen LogP) is 2.79. The van der Waals surface area contributed by atoms with Crippen molar-refractivity contribution < 1.29 is 9.53 Å². The molecule has 0 bridgehead atoms. The first-order chi connectivity index (χ1) is 13.3. The normalized spacial score (nSPS) is 11.0. The maximum atomic E-state index is 12.0. The van der Waals surface area contributed by atoms with Crippen LogP contribution in [0.4, 0.5) is 0 Å². The van der Waals surface area contributed by atoms with Crippen LogP contribution in [-0.2, 0) is 4.79 Å². The van der Waals surface area contributed by atoms with Crippen molar-refractivity contribution in [3.8, 4) is 5.75 Å². The summed E-state index contributed by atoms with van der Waals surface area (Å²) >= 11 is 1.25. The Balaban J connectivity index is 1.28. The van der Waals surface area contributed by atoms with Gasteiger partial charge in [-0.3, -0.25) is 4.79 Å². The Kier molecular flexibility index (Phi) is 5.15. The summed E-state index contributed by atoms with van der Waals surface area (Å²) in [6.45, 7) is 0.855. The van der Waals surface area contributed by atoms with Crippen LogP contribution in [-0.4, -0.2) is 45.0 Å². The van der Waals surface area contributed by atoms with Gasteiger partial charge in [-0.2, -0.15) is 0 Å². The quantitative estimate of drug-likeness (QED) is 0.379. The van der Waals surface area contributed by atoms with Gasteiger partial charge in [0.1, 0.15) is 17.9 Å². The average Bonchev–Trinajstić information content (AvgIpc) is 3.08. The molecule has 2 heterocycles. The first kappa shape index (κ1) is 17.3. The Morgan fingerprint density at radius 1 is 1.07 bits per heavy atom. The van der Waals surface area contributed by atoms with Crippen molar-refractivity contribution >= 4 is 39.7 Å². The molecule has 27 heavy (non-hydrogen) atoms. The van der Waals surface area contributed by atoms with E-state index in [-0.39, 0.29) is 11.7 Å². The Labute approximate surface area is 159 Å². The molecule has 0 aliphatic heterocycles. The lowest BCUT2D eigenvalue weighted by Crippen LogP contribution is -2.29. The van der Waals surface area contributed by atoms with Gasteiger partial charge < -0.3 is 15.0 Å². The van der Waals surface area contributed by atoms with Gasteiger partial charge in [-0.25, -0.2) is 4.98 Å². The number of aromatic nitrogens is 4. The second kappa shape index (κ2) is 8.05. The van der Waals surface area contributed by atoms with Gasteiger partial charge in [0.2, 0.25) is 11.1 Å². The number of para-hydroxylation sites is 2. The molecule has 1 amide bonds. The van der Waals surface area contributed by atoms with Gasteiger partial charge in [0.05, 0.1) is 12.3 Å². The Morgan fingerprint density at radius 3 is 2.78 bits per heavy atom. The molecular formula is C19H17N5O2S. The molecule has 4 rings (SSSR count). The van der Waals surface area contributed by atoms with Crippen LogP contribution < -0.4 is 10.1 Å². The predicted molar refractivity (Wildman–Crippen MR) is 105 cm³/mol. The molecule has 4 aromatic rings. The van der Waals surface area contributed by atoms with Crippen LogP contribution in [0.2, 0.25) is 0 Å². The maximum absolute atomic E-state index is 12.0. The summed E-state index contributed by atoms with van der Waals surface area (Å²) in [6.07, 6.45) is 0. The number of fused-ring (bicyclic) bond motifs is 3. The maximum Gasteiger partial charge on any atom is 0.230 e. The molecule has 0 unspecified atom stereocenters. The molecule has 0 spiro atoms. The highest BCUT2D eigenvalue weighted by molar-refractivity contribution is 7.99. The number of hydrogen-bond donors (Lipinski definition) is 2. The van der Waals surface area contributed by atoms with Gasteiger partial charge in [-0.15, -0.1) is 10.2 Å². The van der Waals surface area contributed by atoms with E-state index in [1.54, 1.807) is 0 Å². The monoisotopic (exact) mass is 379 g/mol. The third-order valence-corrected chi connectivity index (χ3v) is 4.71. The van der Waals surface area contributed by atoms with Gasteiger partial charge in [0.25, 0.3) is 0 Å². The fourth-order valence-corrected chi connectivity index (χ4v) is 3.24. The number of hydrogen-bond acceptors (Lipinski definition) is 6. The van der Waals surface area contributed by atoms with Crippen molar-refractivity contribution in [3.05, 3.63) is 54.6 Å².